The van der Waals surface area contributed by atoms with Crippen LogP contribution in [0, 0.1) is 10.1 Å². The summed E-state index contributed by atoms with van der Waals surface area (Å²) in [6.07, 6.45) is 0. The van der Waals surface area contributed by atoms with Gasteiger partial charge in [-0.3, -0.25) is 14.7 Å². The molecule has 0 aromatic heterocycles. The molecule has 110 valence electrons. The van der Waals surface area contributed by atoms with Crippen molar-refractivity contribution in [2.24, 2.45) is 0 Å². The molecule has 0 fully saturated rings. The highest BCUT2D eigenvalue weighted by atomic mass is 32.2. The summed E-state index contributed by atoms with van der Waals surface area (Å²) in [5.41, 5.74) is 6.19. The number of rotatable bonds is 4. The van der Waals surface area contributed by atoms with Gasteiger partial charge in [0.25, 0.3) is 15.8 Å². The number of hydrogen-bond donors (Lipinski definition) is 3. The minimum atomic E-state index is -4.51. The molecule has 9 heteroatoms. The van der Waals surface area contributed by atoms with Crippen LogP contribution in [0.5, 0.6) is 0 Å². The predicted molar refractivity (Wildman–Crippen MR) is 77.0 cm³/mol. The van der Waals surface area contributed by atoms with Crippen LogP contribution in [-0.2, 0) is 10.1 Å². The van der Waals surface area contributed by atoms with Gasteiger partial charge in [0.15, 0.2) is 0 Å². The summed E-state index contributed by atoms with van der Waals surface area (Å²) in [5.74, 6) is 0. The zero-order chi connectivity index (χ0) is 15.6. The van der Waals surface area contributed by atoms with Gasteiger partial charge in [0.05, 0.1) is 4.92 Å². The van der Waals surface area contributed by atoms with E-state index in [1.54, 1.807) is 24.3 Å². The van der Waals surface area contributed by atoms with Crippen LogP contribution in [0.3, 0.4) is 0 Å². The summed E-state index contributed by atoms with van der Waals surface area (Å²) >= 11 is 0. The Morgan fingerprint density at radius 3 is 2.48 bits per heavy atom. The van der Waals surface area contributed by atoms with Crippen LogP contribution in [0.4, 0.5) is 22.7 Å². The Morgan fingerprint density at radius 2 is 1.90 bits per heavy atom. The number of hydrogen-bond acceptors (Lipinski definition) is 6. The molecule has 21 heavy (non-hydrogen) atoms. The monoisotopic (exact) mass is 309 g/mol. The second-order valence-electron chi connectivity index (χ2n) is 4.16. The highest BCUT2D eigenvalue weighted by molar-refractivity contribution is 7.85. The molecule has 2 rings (SSSR count). The van der Waals surface area contributed by atoms with Crippen LogP contribution in [-0.4, -0.2) is 17.9 Å². The van der Waals surface area contributed by atoms with Crippen LogP contribution in [0.1, 0.15) is 0 Å². The lowest BCUT2D eigenvalue weighted by atomic mass is 10.2. The molecule has 2 aromatic rings. The fraction of sp³-hybridized carbons (Fsp3) is 0. The van der Waals surface area contributed by atoms with Gasteiger partial charge in [-0.2, -0.15) is 8.42 Å². The van der Waals surface area contributed by atoms with E-state index in [0.29, 0.717) is 11.4 Å². The number of nitrogen functional groups attached to an aromatic ring is 1. The quantitative estimate of drug-likeness (QED) is 0.341. The van der Waals surface area contributed by atoms with Crippen LogP contribution in [0.15, 0.2) is 47.4 Å². The zero-order valence-corrected chi connectivity index (χ0v) is 11.4. The Kier molecular flexibility index (Phi) is 3.78. The van der Waals surface area contributed by atoms with Crippen molar-refractivity contribution in [1.29, 1.82) is 0 Å². The number of nitrogens with two attached hydrogens (primary N) is 1. The third-order valence-corrected chi connectivity index (χ3v) is 3.48. The van der Waals surface area contributed by atoms with E-state index in [2.05, 4.69) is 5.32 Å². The van der Waals surface area contributed by atoms with Crippen molar-refractivity contribution in [3.05, 3.63) is 52.6 Å². The first-order valence-electron chi connectivity index (χ1n) is 5.66. The predicted octanol–water partition coefficient (Wildman–Crippen LogP) is 2.17. The van der Waals surface area contributed by atoms with Crippen LogP contribution in [0.25, 0.3) is 0 Å². The molecule has 4 N–H and O–H groups in total. The van der Waals surface area contributed by atoms with E-state index >= 15 is 0 Å². The highest BCUT2D eigenvalue weighted by Gasteiger charge is 2.19. The Balaban J connectivity index is 2.47. The molecule has 0 spiro atoms. The van der Waals surface area contributed by atoms with Gasteiger partial charge < -0.3 is 11.1 Å². The van der Waals surface area contributed by atoms with Gasteiger partial charge in [0.2, 0.25) is 0 Å². The van der Waals surface area contributed by atoms with Crippen LogP contribution >= 0.6 is 0 Å². The van der Waals surface area contributed by atoms with Crippen molar-refractivity contribution in [1.82, 2.24) is 0 Å². The third kappa shape index (κ3) is 3.46. The van der Waals surface area contributed by atoms with Gasteiger partial charge in [0, 0.05) is 17.4 Å². The molecule has 0 aliphatic carbocycles. The van der Waals surface area contributed by atoms with Crippen molar-refractivity contribution in [2.75, 3.05) is 11.1 Å². The Bertz CT molecular complexity index is 804. The lowest BCUT2D eigenvalue weighted by molar-refractivity contribution is -0.384. The van der Waals surface area contributed by atoms with Crippen molar-refractivity contribution in [3.8, 4) is 0 Å². The summed E-state index contributed by atoms with van der Waals surface area (Å²) in [6, 6.07) is 9.58. The van der Waals surface area contributed by atoms with E-state index in [1.807, 2.05) is 0 Å². The number of nitrogens with one attached hydrogen (secondary N) is 1. The van der Waals surface area contributed by atoms with Crippen LogP contribution < -0.4 is 11.1 Å². The standard InChI is InChI=1S/C12H11N3O5S/c13-8-2-1-3-9(6-8)14-11-5-4-10(21(18,19)20)7-12(11)15(16)17/h1-7,14H,13H2,(H,18,19,20). The molecule has 2 aromatic carbocycles. The Morgan fingerprint density at radius 1 is 1.19 bits per heavy atom. The number of benzene rings is 2. The van der Waals surface area contributed by atoms with E-state index in [-0.39, 0.29) is 5.69 Å². The summed E-state index contributed by atoms with van der Waals surface area (Å²) in [6.45, 7) is 0. The molecule has 8 nitrogen and oxygen atoms in total. The summed E-state index contributed by atoms with van der Waals surface area (Å²) in [7, 11) is -4.51. The number of nitrogens with zero attached hydrogens (tertiary/aromatic N) is 1. The molecule has 0 saturated carbocycles. The number of anilines is 3. The molecular weight excluding hydrogens is 298 g/mol. The van der Waals surface area contributed by atoms with E-state index in [0.717, 1.165) is 12.1 Å². The first kappa shape index (κ1) is 14.8. The van der Waals surface area contributed by atoms with Gasteiger partial charge in [-0.25, -0.2) is 0 Å². The first-order valence-corrected chi connectivity index (χ1v) is 7.10. The lowest BCUT2D eigenvalue weighted by Gasteiger charge is -2.08. The minimum absolute atomic E-state index is 0.0815. The largest absolute Gasteiger partial charge is 0.399 e. The topological polar surface area (TPSA) is 136 Å². The number of nitro groups is 1. The summed E-state index contributed by atoms with van der Waals surface area (Å²) in [4.78, 5) is 9.73. The molecule has 0 heterocycles. The maximum atomic E-state index is 11.0. The first-order chi connectivity index (χ1) is 9.77. The van der Waals surface area contributed by atoms with Crippen molar-refractivity contribution in [2.45, 2.75) is 4.90 Å². The minimum Gasteiger partial charge on any atom is -0.399 e. The third-order valence-electron chi connectivity index (χ3n) is 2.63. The van der Waals surface area contributed by atoms with Crippen molar-refractivity contribution >= 4 is 32.9 Å². The smallest absolute Gasteiger partial charge is 0.294 e. The molecule has 0 bridgehead atoms. The van der Waals surface area contributed by atoms with E-state index in [4.69, 9.17) is 10.3 Å². The van der Waals surface area contributed by atoms with Crippen LogP contribution in [0.2, 0.25) is 0 Å². The molecular formula is C12H11N3O5S. The van der Waals surface area contributed by atoms with E-state index in [9.17, 15) is 18.5 Å². The highest BCUT2D eigenvalue weighted by Crippen LogP contribution is 2.30. The lowest BCUT2D eigenvalue weighted by Crippen LogP contribution is -2.02. The fourth-order valence-electron chi connectivity index (χ4n) is 1.70. The summed E-state index contributed by atoms with van der Waals surface area (Å²) < 4.78 is 31.0. The SMILES string of the molecule is Nc1cccc(Nc2ccc(S(=O)(=O)O)cc2[N+](=O)[O-])c1. The molecule has 0 atom stereocenters. The number of nitro benzene ring substituents is 1. The molecule has 0 radical (unpaired) electrons. The Hall–Kier alpha value is -2.65. The molecule has 0 aliphatic heterocycles. The fourth-order valence-corrected chi connectivity index (χ4v) is 2.20. The molecule has 0 unspecified atom stereocenters. The average Bonchev–Trinajstić information content (AvgIpc) is 2.37. The second-order valence-corrected chi connectivity index (χ2v) is 5.58. The zero-order valence-electron chi connectivity index (χ0n) is 10.6. The van der Waals surface area contributed by atoms with Gasteiger partial charge >= 0.3 is 0 Å². The Labute approximate surface area is 120 Å². The average molecular weight is 309 g/mol. The van der Waals surface area contributed by atoms with Crippen molar-refractivity contribution < 1.29 is 17.9 Å². The van der Waals surface area contributed by atoms with Gasteiger partial charge in [-0.1, -0.05) is 6.07 Å². The van der Waals surface area contributed by atoms with Gasteiger partial charge in [0.1, 0.15) is 10.6 Å². The maximum Gasteiger partial charge on any atom is 0.294 e. The van der Waals surface area contributed by atoms with E-state index in [1.165, 1.54) is 6.07 Å². The van der Waals surface area contributed by atoms with Gasteiger partial charge in [-0.15, -0.1) is 0 Å². The summed E-state index contributed by atoms with van der Waals surface area (Å²) in [5, 5.41) is 13.8. The second kappa shape index (κ2) is 5.38. The molecule has 0 amide bonds. The molecule has 0 saturated heterocycles. The maximum absolute atomic E-state index is 11.0. The van der Waals surface area contributed by atoms with E-state index < -0.39 is 25.6 Å². The van der Waals surface area contributed by atoms with Gasteiger partial charge in [-0.05, 0) is 30.3 Å². The molecule has 0 aliphatic rings. The van der Waals surface area contributed by atoms with Crippen molar-refractivity contribution in [3.63, 3.8) is 0 Å². The normalized spacial score (nSPS) is 11.1.